The van der Waals surface area contributed by atoms with Crippen molar-refractivity contribution in [2.24, 2.45) is 5.92 Å². The second kappa shape index (κ2) is 9.47. The molecule has 1 aromatic carbocycles. The highest BCUT2D eigenvalue weighted by atomic mass is 19.3. The van der Waals surface area contributed by atoms with E-state index < -0.39 is 18.1 Å². The Balaban J connectivity index is 1.37. The topological polar surface area (TPSA) is 56.1 Å². The number of piperidine rings is 1. The molecule has 9 heteroatoms. The average molecular weight is 431 g/mol. The van der Waals surface area contributed by atoms with Crippen molar-refractivity contribution in [3.8, 4) is 11.7 Å². The van der Waals surface area contributed by atoms with Crippen molar-refractivity contribution in [2.75, 3.05) is 19.7 Å². The fourth-order valence-corrected chi connectivity index (χ4v) is 3.70. The number of benzene rings is 1. The second-order valence-electron chi connectivity index (χ2n) is 7.72. The molecular formula is C22H24F3N5O. The van der Waals surface area contributed by atoms with E-state index >= 15 is 0 Å². The molecule has 164 valence electrons. The van der Waals surface area contributed by atoms with Crippen LogP contribution in [0.5, 0.6) is 6.01 Å². The minimum absolute atomic E-state index is 0.0253. The molecule has 1 saturated heterocycles. The van der Waals surface area contributed by atoms with Crippen LogP contribution in [-0.2, 0) is 6.54 Å². The molecule has 0 radical (unpaired) electrons. The van der Waals surface area contributed by atoms with Crippen molar-refractivity contribution in [3.63, 3.8) is 0 Å². The van der Waals surface area contributed by atoms with Crippen molar-refractivity contribution in [1.29, 1.82) is 0 Å². The number of aryl methyl sites for hydroxylation is 1. The van der Waals surface area contributed by atoms with Crippen LogP contribution in [0, 0.1) is 18.7 Å². The van der Waals surface area contributed by atoms with Crippen LogP contribution in [0.1, 0.15) is 36.5 Å². The Kier molecular flexibility index (Phi) is 6.50. The first-order chi connectivity index (χ1) is 15.0. The number of halogens is 3. The first-order valence-electron chi connectivity index (χ1n) is 10.3. The molecule has 1 aliphatic rings. The summed E-state index contributed by atoms with van der Waals surface area (Å²) in [5.41, 5.74) is 2.08. The molecule has 6 nitrogen and oxygen atoms in total. The molecule has 31 heavy (non-hydrogen) atoms. The van der Waals surface area contributed by atoms with Gasteiger partial charge in [0.1, 0.15) is 11.5 Å². The minimum atomic E-state index is -2.87. The molecule has 1 fully saturated rings. The monoisotopic (exact) mass is 431 g/mol. The predicted molar refractivity (Wildman–Crippen MR) is 109 cm³/mol. The lowest BCUT2D eigenvalue weighted by molar-refractivity contribution is 0.128. The third-order valence-corrected chi connectivity index (χ3v) is 5.36. The number of hydrogen-bond acceptors (Lipinski definition) is 5. The van der Waals surface area contributed by atoms with Gasteiger partial charge in [-0.2, -0.15) is 9.67 Å². The fourth-order valence-electron chi connectivity index (χ4n) is 3.70. The van der Waals surface area contributed by atoms with Crippen LogP contribution in [0.4, 0.5) is 13.2 Å². The molecule has 0 atom stereocenters. The van der Waals surface area contributed by atoms with Crippen LogP contribution >= 0.6 is 0 Å². The number of ether oxygens (including phenoxy) is 1. The highest BCUT2D eigenvalue weighted by molar-refractivity contribution is 5.34. The van der Waals surface area contributed by atoms with Crippen molar-refractivity contribution in [3.05, 3.63) is 65.5 Å². The summed E-state index contributed by atoms with van der Waals surface area (Å²) in [7, 11) is 0. The number of aromatic nitrogens is 4. The van der Waals surface area contributed by atoms with E-state index in [-0.39, 0.29) is 17.6 Å². The van der Waals surface area contributed by atoms with Crippen LogP contribution in [0.15, 0.2) is 42.5 Å². The largest absolute Gasteiger partial charge is 0.463 e. The highest BCUT2D eigenvalue weighted by Gasteiger charge is 2.24. The molecule has 3 heterocycles. The Morgan fingerprint density at radius 1 is 1.06 bits per heavy atom. The lowest BCUT2D eigenvalue weighted by Crippen LogP contribution is -2.35. The maximum absolute atomic E-state index is 14.2. The summed E-state index contributed by atoms with van der Waals surface area (Å²) >= 11 is 0. The average Bonchev–Trinajstić information content (AvgIpc) is 3.18. The van der Waals surface area contributed by atoms with Gasteiger partial charge in [0.25, 0.3) is 6.43 Å². The van der Waals surface area contributed by atoms with Crippen molar-refractivity contribution < 1.29 is 17.9 Å². The van der Waals surface area contributed by atoms with Gasteiger partial charge < -0.3 is 4.74 Å². The molecule has 2 aromatic heterocycles. The molecule has 0 aliphatic carbocycles. The van der Waals surface area contributed by atoms with Crippen LogP contribution in [0.2, 0.25) is 0 Å². The summed E-state index contributed by atoms with van der Waals surface area (Å²) in [6, 6.07) is 11.7. The number of alkyl halides is 2. The summed E-state index contributed by atoms with van der Waals surface area (Å²) in [5.74, 6) is -1.02. The lowest BCUT2D eigenvalue weighted by atomic mass is 9.98. The molecule has 1 aliphatic heterocycles. The van der Waals surface area contributed by atoms with Gasteiger partial charge in [-0.3, -0.25) is 9.88 Å². The van der Waals surface area contributed by atoms with E-state index in [4.69, 9.17) is 4.74 Å². The molecule has 4 rings (SSSR count). The van der Waals surface area contributed by atoms with E-state index in [2.05, 4.69) is 20.0 Å². The first kappa shape index (κ1) is 21.3. The Morgan fingerprint density at radius 3 is 2.55 bits per heavy atom. The fraction of sp³-hybridized carbons (Fsp3) is 0.409. The summed E-state index contributed by atoms with van der Waals surface area (Å²) in [5, 5.41) is 3.75. The van der Waals surface area contributed by atoms with Gasteiger partial charge in [0, 0.05) is 12.2 Å². The zero-order valence-corrected chi connectivity index (χ0v) is 17.2. The van der Waals surface area contributed by atoms with Gasteiger partial charge in [-0.05, 0) is 63.0 Å². The zero-order chi connectivity index (χ0) is 21.8. The molecule has 0 spiro atoms. The van der Waals surface area contributed by atoms with Crippen molar-refractivity contribution in [2.45, 2.75) is 32.7 Å². The van der Waals surface area contributed by atoms with Gasteiger partial charge in [0.2, 0.25) is 5.82 Å². The van der Waals surface area contributed by atoms with Crippen LogP contribution in [-0.4, -0.2) is 44.3 Å². The van der Waals surface area contributed by atoms with E-state index in [0.717, 1.165) is 48.5 Å². The summed E-state index contributed by atoms with van der Waals surface area (Å²) < 4.78 is 47.2. The smallest absolute Gasteiger partial charge is 0.320 e. The molecule has 3 aromatic rings. The molecule has 0 N–H and O–H groups in total. The normalized spacial score (nSPS) is 15.5. The van der Waals surface area contributed by atoms with E-state index in [1.54, 1.807) is 6.07 Å². The zero-order valence-electron chi connectivity index (χ0n) is 17.2. The first-order valence-corrected chi connectivity index (χ1v) is 10.3. The van der Waals surface area contributed by atoms with Gasteiger partial charge in [-0.15, -0.1) is 5.10 Å². The van der Waals surface area contributed by atoms with Crippen LogP contribution < -0.4 is 4.74 Å². The summed E-state index contributed by atoms with van der Waals surface area (Å²) in [6.07, 6.45) is -1.06. The number of pyridine rings is 1. The standard InChI is InChI=1S/C22H24F3N5O/c1-15-5-4-6-17(26-15)13-29-11-9-16(10-12-29)14-31-22-27-21(20(24)25)28-30(22)19-8-3-2-7-18(19)23/h2-8,16,20H,9-14H2,1H3. The quantitative estimate of drug-likeness (QED) is 0.557. The third kappa shape index (κ3) is 5.22. The molecule has 0 saturated carbocycles. The maximum Gasteiger partial charge on any atom is 0.320 e. The highest BCUT2D eigenvalue weighted by Crippen LogP contribution is 2.25. The van der Waals surface area contributed by atoms with Gasteiger partial charge in [0.05, 0.1) is 12.3 Å². The van der Waals surface area contributed by atoms with Crippen LogP contribution in [0.25, 0.3) is 5.69 Å². The summed E-state index contributed by atoms with van der Waals surface area (Å²) in [4.78, 5) is 10.7. The number of nitrogens with zero attached hydrogens (tertiary/aromatic N) is 5. The SMILES string of the molecule is Cc1cccc(CN2CCC(COc3nc(C(F)F)nn3-c3ccccc3F)CC2)n1. The number of rotatable bonds is 7. The van der Waals surface area contributed by atoms with Crippen LogP contribution in [0.3, 0.4) is 0 Å². The third-order valence-electron chi connectivity index (χ3n) is 5.36. The van der Waals surface area contributed by atoms with E-state index in [9.17, 15) is 13.2 Å². The van der Waals surface area contributed by atoms with Gasteiger partial charge in [-0.25, -0.2) is 13.2 Å². The minimum Gasteiger partial charge on any atom is -0.463 e. The molecule has 0 amide bonds. The Hall–Kier alpha value is -2.94. The van der Waals surface area contributed by atoms with Gasteiger partial charge >= 0.3 is 6.01 Å². The Bertz CT molecular complexity index is 1020. The lowest BCUT2D eigenvalue weighted by Gasteiger charge is -2.31. The predicted octanol–water partition coefficient (Wildman–Crippen LogP) is 4.34. The van der Waals surface area contributed by atoms with Gasteiger partial charge in [-0.1, -0.05) is 18.2 Å². The van der Waals surface area contributed by atoms with Crippen molar-refractivity contribution >= 4 is 0 Å². The van der Waals surface area contributed by atoms with E-state index in [0.29, 0.717) is 6.61 Å². The van der Waals surface area contributed by atoms with E-state index in [1.165, 1.54) is 18.2 Å². The van der Waals surface area contributed by atoms with Crippen molar-refractivity contribution in [1.82, 2.24) is 24.6 Å². The van der Waals surface area contributed by atoms with Gasteiger partial charge in [0.15, 0.2) is 0 Å². The maximum atomic E-state index is 14.2. The molecule has 0 unspecified atom stereocenters. The Labute approximate surface area is 178 Å². The number of hydrogen-bond donors (Lipinski definition) is 0. The molecule has 0 bridgehead atoms. The number of likely N-dealkylation sites (tertiary alicyclic amines) is 1. The molecular weight excluding hydrogens is 407 g/mol. The van der Waals surface area contributed by atoms with E-state index in [1.807, 2.05) is 25.1 Å². The number of para-hydroxylation sites is 1. The second-order valence-corrected chi connectivity index (χ2v) is 7.72. The summed E-state index contributed by atoms with van der Waals surface area (Å²) in [6.45, 7) is 4.88. The Morgan fingerprint density at radius 2 is 1.84 bits per heavy atom.